The first-order valence-electron chi connectivity index (χ1n) is 9.50. The zero-order chi connectivity index (χ0) is 22.6. The van der Waals surface area contributed by atoms with Crippen molar-refractivity contribution in [2.24, 2.45) is 5.73 Å². The number of hydrogen-bond donors (Lipinski definition) is 2. The molecule has 12 heteroatoms. The van der Waals surface area contributed by atoms with E-state index in [0.29, 0.717) is 16.9 Å². The van der Waals surface area contributed by atoms with Gasteiger partial charge in [0, 0.05) is 35.7 Å². The highest BCUT2D eigenvalue weighted by Crippen LogP contribution is 2.37. The number of aliphatic hydroxyl groups is 1. The molecule has 4 heterocycles. The molecule has 7 nitrogen and oxygen atoms in total. The molecule has 1 aliphatic rings. The number of anilines is 1. The van der Waals surface area contributed by atoms with Crippen LogP contribution in [0.2, 0.25) is 0 Å². The first kappa shape index (κ1) is 21.8. The van der Waals surface area contributed by atoms with E-state index in [1.807, 2.05) is 0 Å². The van der Waals surface area contributed by atoms with Gasteiger partial charge in [-0.2, -0.15) is 0 Å². The fraction of sp³-hybridized carbons (Fsp3) is 0.316. The van der Waals surface area contributed by atoms with Crippen molar-refractivity contribution in [2.45, 2.75) is 36.9 Å². The van der Waals surface area contributed by atoms with Crippen molar-refractivity contribution in [1.82, 2.24) is 15.0 Å². The van der Waals surface area contributed by atoms with Gasteiger partial charge in [-0.3, -0.25) is 4.98 Å². The van der Waals surface area contributed by atoms with Crippen LogP contribution < -0.4 is 10.5 Å². The molecule has 3 unspecified atom stereocenters. The first-order chi connectivity index (χ1) is 14.4. The molecule has 1 fully saturated rings. The monoisotopic (exact) mass is 410 g/mol. The van der Waals surface area contributed by atoms with Crippen molar-refractivity contribution < 1.29 is 14.2 Å². The highest BCUT2D eigenvalue weighted by Gasteiger charge is 2.53. The third-order valence-electron chi connectivity index (χ3n) is 5.04. The second kappa shape index (κ2) is 7.32. The molecule has 7 radical (unpaired) electrons. The Balaban J connectivity index is 1.81. The van der Waals surface area contributed by atoms with Crippen molar-refractivity contribution in [1.29, 1.82) is 0 Å². The van der Waals surface area contributed by atoms with E-state index in [1.165, 1.54) is 27.3 Å². The van der Waals surface area contributed by atoms with Crippen LogP contribution in [0.4, 0.5) is 10.2 Å². The van der Waals surface area contributed by atoms with Crippen molar-refractivity contribution in [3.8, 4) is 11.4 Å². The van der Waals surface area contributed by atoms with E-state index in [-0.39, 0.29) is 18.1 Å². The molecule has 0 saturated carbocycles. The Labute approximate surface area is 184 Å². The number of rotatable bonds is 3. The predicted molar refractivity (Wildman–Crippen MR) is 119 cm³/mol. The molecule has 1 saturated heterocycles. The molecule has 4 rings (SSSR count). The van der Waals surface area contributed by atoms with E-state index in [4.69, 9.17) is 34.0 Å². The maximum Gasteiger partial charge on any atom is 0.275 e. The molecule has 0 aliphatic carbocycles. The smallest absolute Gasteiger partial charge is 0.275 e. The lowest BCUT2D eigenvalue weighted by Gasteiger charge is -2.58. The number of nitrogens with two attached hydrogens (primary N) is 1. The van der Waals surface area contributed by atoms with Gasteiger partial charge in [-0.15, -0.1) is 0 Å². The predicted octanol–water partition coefficient (Wildman–Crippen LogP) is 0.287. The van der Waals surface area contributed by atoms with E-state index in [1.54, 1.807) is 24.4 Å². The maximum absolute atomic E-state index is 14.6. The lowest BCUT2D eigenvalue weighted by molar-refractivity contribution is -0.112. The molecule has 0 aromatic carbocycles. The second-order valence-electron chi connectivity index (χ2n) is 7.92. The topological polar surface area (TPSA) is 97.4 Å². The number of hydrogen-bond acceptors (Lipinski definition) is 7. The van der Waals surface area contributed by atoms with Gasteiger partial charge in [-0.05, 0) is 32.0 Å². The van der Waals surface area contributed by atoms with Crippen molar-refractivity contribution in [3.05, 3.63) is 48.0 Å². The zero-order valence-electron chi connectivity index (χ0n) is 17.1. The molecule has 149 valence electrons. The van der Waals surface area contributed by atoms with E-state index in [9.17, 15) is 9.50 Å². The molecule has 1 aliphatic heterocycles. The molecule has 3 atom stereocenters. The van der Waals surface area contributed by atoms with Crippen LogP contribution in [-0.2, 0) is 11.3 Å². The second-order valence-corrected chi connectivity index (χ2v) is 7.92. The van der Waals surface area contributed by atoms with Crippen LogP contribution in [0.1, 0.15) is 19.5 Å². The minimum Gasteiger partial charge on any atom is -0.391 e. The molecule has 0 spiro atoms. The summed E-state index contributed by atoms with van der Waals surface area (Å²) in [7, 11) is 19.4. The summed E-state index contributed by atoms with van der Waals surface area (Å²) in [5, 5.41) is 10.3. The average molecular weight is 410 g/mol. The normalized spacial score (nSPS) is 28.5. The average Bonchev–Trinajstić information content (AvgIpc) is 2.69. The van der Waals surface area contributed by atoms with Gasteiger partial charge in [0.1, 0.15) is 35.2 Å². The van der Waals surface area contributed by atoms with Crippen molar-refractivity contribution in [2.75, 3.05) is 4.81 Å². The van der Waals surface area contributed by atoms with E-state index >= 15 is 0 Å². The summed E-state index contributed by atoms with van der Waals surface area (Å²) in [5.74, 6) is -0.636. The van der Waals surface area contributed by atoms with E-state index < -0.39 is 22.3 Å². The van der Waals surface area contributed by atoms with Crippen LogP contribution >= 0.6 is 0 Å². The third-order valence-corrected chi connectivity index (χ3v) is 5.04. The standard InChI is InChI=1S/C19H17B4FN5O2/c1-17(20)19(22,30)29(23-18(2,21)31-17)16-6-11(24)5-15(28-16)13-4-3-10-9-26-12(8-25)7-14(10)27-13/h3-7,9,30H,8,25H2,1-2H3. The molecule has 3 aromatic rings. The molecule has 0 bridgehead atoms. The van der Waals surface area contributed by atoms with Gasteiger partial charge < -0.3 is 20.4 Å². The molecule has 31 heavy (non-hydrogen) atoms. The Hall–Kier alpha value is -2.42. The van der Waals surface area contributed by atoms with Crippen LogP contribution in [0.5, 0.6) is 0 Å². The maximum atomic E-state index is 14.6. The van der Waals surface area contributed by atoms with Crippen LogP contribution in [0, 0.1) is 5.82 Å². The summed E-state index contributed by atoms with van der Waals surface area (Å²) < 4.78 is 20.1. The number of nitrogens with zero attached hydrogens (tertiary/aromatic N) is 4. The number of fused-ring (bicyclic) bond motifs is 1. The summed E-state index contributed by atoms with van der Waals surface area (Å²) in [4.78, 5) is 14.3. The van der Waals surface area contributed by atoms with Crippen LogP contribution in [-0.4, -0.2) is 67.5 Å². The Morgan fingerprint density at radius 2 is 1.90 bits per heavy atom. The summed E-state index contributed by atoms with van der Waals surface area (Å²) in [6.07, 6.45) is 1.67. The largest absolute Gasteiger partial charge is 0.391 e. The third kappa shape index (κ3) is 3.95. The van der Waals surface area contributed by atoms with E-state index in [2.05, 4.69) is 15.0 Å². The first-order valence-corrected chi connectivity index (χ1v) is 9.50. The molecule has 3 N–H and O–H groups in total. The summed E-state index contributed by atoms with van der Waals surface area (Å²) in [6, 6.07) is 7.57. The molecular weight excluding hydrogens is 392 g/mol. The van der Waals surface area contributed by atoms with Crippen molar-refractivity contribution >= 4 is 47.7 Å². The summed E-state index contributed by atoms with van der Waals surface area (Å²) in [5.41, 5.74) is 3.54. The lowest BCUT2D eigenvalue weighted by atomic mass is 9.49. The molecule has 0 amide bonds. The molecular formula is C19H17B4FN5O2. The van der Waals surface area contributed by atoms with Gasteiger partial charge in [0.25, 0.3) is 7.41 Å². The lowest BCUT2D eigenvalue weighted by Crippen LogP contribution is -2.76. The zero-order valence-corrected chi connectivity index (χ0v) is 17.1. The Kier molecular flexibility index (Phi) is 5.15. The fourth-order valence-corrected chi connectivity index (χ4v) is 3.44. The van der Waals surface area contributed by atoms with Crippen LogP contribution in [0.15, 0.2) is 36.5 Å². The van der Waals surface area contributed by atoms with Gasteiger partial charge in [-0.25, -0.2) is 14.4 Å². The fourth-order valence-electron chi connectivity index (χ4n) is 3.44. The van der Waals surface area contributed by atoms with E-state index in [0.717, 1.165) is 16.3 Å². The minimum absolute atomic E-state index is 0.0177. The van der Waals surface area contributed by atoms with Crippen LogP contribution in [0.3, 0.4) is 0 Å². The SMILES string of the molecule is [B]C1(C)[B]N(c2cc(F)cc(-c3ccc4cnc(CN)cc4n3)n2)C([B])(O)C([B])(C)O1. The Morgan fingerprint density at radius 3 is 2.61 bits per heavy atom. The van der Waals surface area contributed by atoms with Gasteiger partial charge >= 0.3 is 0 Å². The highest BCUT2D eigenvalue weighted by molar-refractivity contribution is 6.59. The quantitative estimate of drug-likeness (QED) is 0.600. The number of aromatic nitrogens is 3. The highest BCUT2D eigenvalue weighted by atomic mass is 19.1. The van der Waals surface area contributed by atoms with Gasteiger partial charge in [-0.1, -0.05) is 0 Å². The van der Waals surface area contributed by atoms with Crippen LogP contribution in [0.25, 0.3) is 22.3 Å². The number of halogens is 1. The Bertz CT molecular complexity index is 1160. The van der Waals surface area contributed by atoms with Gasteiger partial charge in [0.15, 0.2) is 0 Å². The molecule has 3 aromatic heterocycles. The number of pyridine rings is 3. The Morgan fingerprint density at radius 1 is 1.16 bits per heavy atom. The minimum atomic E-state index is -2.26. The number of ether oxygens (including phenoxy) is 1. The summed E-state index contributed by atoms with van der Waals surface area (Å²) in [6.45, 7) is 3.16. The van der Waals surface area contributed by atoms with Crippen molar-refractivity contribution in [3.63, 3.8) is 0 Å². The van der Waals surface area contributed by atoms with Gasteiger partial charge in [0.05, 0.1) is 33.7 Å². The summed E-state index contributed by atoms with van der Waals surface area (Å²) >= 11 is 0. The van der Waals surface area contributed by atoms with Gasteiger partial charge in [0.2, 0.25) is 0 Å².